The summed E-state index contributed by atoms with van der Waals surface area (Å²) >= 11 is 3.64. The molecule has 0 amide bonds. The lowest BCUT2D eigenvalue weighted by Gasteiger charge is -2.35. The molecule has 1 atom stereocenters. The summed E-state index contributed by atoms with van der Waals surface area (Å²) in [7, 11) is -2.87. The summed E-state index contributed by atoms with van der Waals surface area (Å²) < 4.78 is 24.4. The first-order valence-corrected chi connectivity index (χ1v) is 10.0. The van der Waals surface area contributed by atoms with Gasteiger partial charge in [-0.15, -0.1) is 0 Å². The Kier molecular flexibility index (Phi) is 4.30. The van der Waals surface area contributed by atoms with Gasteiger partial charge in [0.25, 0.3) is 0 Å². The molecule has 6 heteroatoms. The van der Waals surface area contributed by atoms with Crippen LogP contribution < -0.4 is 10.2 Å². The Morgan fingerprint density at radius 2 is 2.14 bits per heavy atom. The summed E-state index contributed by atoms with van der Waals surface area (Å²) in [4.78, 5) is 2.18. The molecule has 1 N–H and O–H groups in total. The molecular weight excluding hydrogens is 352 g/mol. The summed E-state index contributed by atoms with van der Waals surface area (Å²) in [6.07, 6.45) is 2.58. The molecule has 2 fully saturated rings. The average molecular weight is 373 g/mol. The summed E-state index contributed by atoms with van der Waals surface area (Å²) in [5.74, 6) is 0.485. The van der Waals surface area contributed by atoms with Crippen molar-refractivity contribution in [2.45, 2.75) is 38.4 Å². The molecule has 0 bridgehead atoms. The predicted molar refractivity (Wildman–Crippen MR) is 89.5 cm³/mol. The first-order chi connectivity index (χ1) is 9.94. The molecule has 1 saturated heterocycles. The van der Waals surface area contributed by atoms with Gasteiger partial charge in [0.1, 0.15) is 0 Å². The van der Waals surface area contributed by atoms with Crippen LogP contribution in [0.2, 0.25) is 0 Å². The van der Waals surface area contributed by atoms with Gasteiger partial charge in [-0.05, 0) is 53.4 Å². The van der Waals surface area contributed by atoms with E-state index >= 15 is 0 Å². The van der Waals surface area contributed by atoms with Crippen molar-refractivity contribution >= 4 is 31.5 Å². The van der Waals surface area contributed by atoms with Gasteiger partial charge in [-0.1, -0.05) is 6.07 Å². The second-order valence-electron chi connectivity index (χ2n) is 6.10. The number of halogens is 1. The van der Waals surface area contributed by atoms with E-state index in [1.807, 2.05) is 6.92 Å². The Hall–Kier alpha value is -0.590. The minimum atomic E-state index is -2.87. The zero-order valence-corrected chi connectivity index (χ0v) is 14.6. The molecule has 1 aliphatic heterocycles. The highest BCUT2D eigenvalue weighted by Crippen LogP contribution is 2.31. The lowest BCUT2D eigenvalue weighted by Crippen LogP contribution is -2.47. The van der Waals surface area contributed by atoms with Crippen molar-refractivity contribution < 1.29 is 8.42 Å². The molecule has 1 aromatic carbocycles. The number of hydrogen-bond donors (Lipinski definition) is 1. The third kappa shape index (κ3) is 3.79. The van der Waals surface area contributed by atoms with Gasteiger partial charge in [-0.25, -0.2) is 8.42 Å². The standard InChI is InChI=1S/C15H21BrN2O2S/c1-11-10-21(19,20)7-6-18(11)15-5-2-12(8-14(15)16)9-17-13-3-4-13/h2,5,8,11,13,17H,3-4,6-7,9-10H2,1H3. The molecule has 0 radical (unpaired) electrons. The number of nitrogens with zero attached hydrogens (tertiary/aromatic N) is 1. The smallest absolute Gasteiger partial charge is 0.154 e. The van der Waals surface area contributed by atoms with Crippen LogP contribution in [0.5, 0.6) is 0 Å². The van der Waals surface area contributed by atoms with Crippen molar-refractivity contribution in [1.29, 1.82) is 0 Å². The third-order valence-electron chi connectivity index (χ3n) is 4.16. The van der Waals surface area contributed by atoms with Gasteiger partial charge in [0.05, 0.1) is 17.2 Å². The van der Waals surface area contributed by atoms with Crippen LogP contribution in [0.1, 0.15) is 25.3 Å². The number of nitrogens with one attached hydrogen (secondary N) is 1. The van der Waals surface area contributed by atoms with Gasteiger partial charge in [0.15, 0.2) is 9.84 Å². The zero-order valence-electron chi connectivity index (χ0n) is 12.2. The second kappa shape index (κ2) is 5.89. The third-order valence-corrected chi connectivity index (χ3v) is 6.59. The Balaban J connectivity index is 1.72. The molecule has 2 aliphatic rings. The maximum Gasteiger partial charge on any atom is 0.154 e. The summed E-state index contributed by atoms with van der Waals surface area (Å²) in [5, 5.41) is 3.50. The molecule has 1 aromatic rings. The van der Waals surface area contributed by atoms with E-state index in [0.717, 1.165) is 16.7 Å². The molecule has 3 rings (SSSR count). The highest BCUT2D eigenvalue weighted by molar-refractivity contribution is 9.10. The quantitative estimate of drug-likeness (QED) is 0.880. The largest absolute Gasteiger partial charge is 0.366 e. The number of anilines is 1. The fourth-order valence-corrected chi connectivity index (χ4v) is 5.01. The first kappa shape index (κ1) is 15.3. The molecule has 1 unspecified atom stereocenters. The van der Waals surface area contributed by atoms with Crippen LogP contribution in [0.15, 0.2) is 22.7 Å². The number of rotatable bonds is 4. The monoisotopic (exact) mass is 372 g/mol. The van der Waals surface area contributed by atoms with E-state index in [9.17, 15) is 8.42 Å². The van der Waals surface area contributed by atoms with Crippen molar-refractivity contribution in [2.24, 2.45) is 0 Å². The lowest BCUT2D eigenvalue weighted by atomic mass is 10.1. The summed E-state index contributed by atoms with van der Waals surface area (Å²) in [5.41, 5.74) is 2.35. The fraction of sp³-hybridized carbons (Fsp3) is 0.600. The molecule has 1 saturated carbocycles. The molecule has 21 heavy (non-hydrogen) atoms. The van der Waals surface area contributed by atoms with Crippen LogP contribution in [0, 0.1) is 0 Å². The minimum absolute atomic E-state index is 0.0236. The maximum absolute atomic E-state index is 11.7. The molecule has 0 spiro atoms. The van der Waals surface area contributed by atoms with E-state index in [4.69, 9.17) is 0 Å². The normalized spacial score (nSPS) is 25.0. The maximum atomic E-state index is 11.7. The van der Waals surface area contributed by atoms with Crippen LogP contribution in [0.3, 0.4) is 0 Å². The van der Waals surface area contributed by atoms with E-state index in [1.54, 1.807) is 0 Å². The molecule has 1 heterocycles. The molecule has 116 valence electrons. The highest BCUT2D eigenvalue weighted by Gasteiger charge is 2.29. The van der Waals surface area contributed by atoms with Gasteiger partial charge in [0, 0.05) is 29.6 Å². The number of benzene rings is 1. The topological polar surface area (TPSA) is 49.4 Å². The Bertz CT molecular complexity index is 629. The van der Waals surface area contributed by atoms with E-state index < -0.39 is 9.84 Å². The van der Waals surface area contributed by atoms with Crippen LogP contribution in [0.25, 0.3) is 0 Å². The van der Waals surface area contributed by atoms with Crippen molar-refractivity contribution in [3.8, 4) is 0 Å². The van der Waals surface area contributed by atoms with E-state index in [1.165, 1.54) is 18.4 Å². The van der Waals surface area contributed by atoms with Crippen molar-refractivity contribution in [3.63, 3.8) is 0 Å². The van der Waals surface area contributed by atoms with E-state index in [-0.39, 0.29) is 17.5 Å². The molecule has 4 nitrogen and oxygen atoms in total. The lowest BCUT2D eigenvalue weighted by molar-refractivity contribution is 0.568. The van der Waals surface area contributed by atoms with Crippen LogP contribution in [-0.2, 0) is 16.4 Å². The predicted octanol–water partition coefficient (Wildman–Crippen LogP) is 2.32. The SMILES string of the molecule is CC1CS(=O)(=O)CCN1c1ccc(CNC2CC2)cc1Br. The van der Waals surface area contributed by atoms with Gasteiger partial charge in [0.2, 0.25) is 0 Å². The number of sulfone groups is 1. The Morgan fingerprint density at radius 3 is 2.76 bits per heavy atom. The first-order valence-electron chi connectivity index (χ1n) is 7.43. The van der Waals surface area contributed by atoms with Gasteiger partial charge < -0.3 is 10.2 Å². The van der Waals surface area contributed by atoms with Crippen molar-refractivity contribution in [3.05, 3.63) is 28.2 Å². The van der Waals surface area contributed by atoms with Crippen LogP contribution >= 0.6 is 15.9 Å². The average Bonchev–Trinajstić information content (AvgIpc) is 3.21. The Morgan fingerprint density at radius 1 is 1.38 bits per heavy atom. The highest BCUT2D eigenvalue weighted by atomic mass is 79.9. The minimum Gasteiger partial charge on any atom is -0.366 e. The second-order valence-corrected chi connectivity index (χ2v) is 9.18. The summed E-state index contributed by atoms with van der Waals surface area (Å²) in [6, 6.07) is 7.10. The number of hydrogen-bond acceptors (Lipinski definition) is 4. The van der Waals surface area contributed by atoms with Gasteiger partial charge in [-0.2, -0.15) is 0 Å². The molecule has 1 aliphatic carbocycles. The molecular formula is C15H21BrN2O2S. The van der Waals surface area contributed by atoms with E-state index in [2.05, 4.69) is 44.3 Å². The van der Waals surface area contributed by atoms with Crippen molar-refractivity contribution in [2.75, 3.05) is 23.0 Å². The fourth-order valence-electron chi connectivity index (χ4n) is 2.80. The van der Waals surface area contributed by atoms with Crippen LogP contribution in [-0.4, -0.2) is 38.6 Å². The molecule has 0 aromatic heterocycles. The van der Waals surface area contributed by atoms with Crippen LogP contribution in [0.4, 0.5) is 5.69 Å². The van der Waals surface area contributed by atoms with Gasteiger partial charge in [-0.3, -0.25) is 0 Å². The summed E-state index contributed by atoms with van der Waals surface area (Å²) in [6.45, 7) is 3.45. The zero-order chi connectivity index (χ0) is 15.0. The van der Waals surface area contributed by atoms with Crippen molar-refractivity contribution in [1.82, 2.24) is 5.32 Å². The van der Waals surface area contributed by atoms with E-state index in [0.29, 0.717) is 12.6 Å². The van der Waals surface area contributed by atoms with Gasteiger partial charge >= 0.3 is 0 Å². The Labute approximate surface area is 135 Å².